The van der Waals surface area contributed by atoms with Gasteiger partial charge in [0.1, 0.15) is 18.6 Å². The molecule has 0 radical (unpaired) electrons. The third-order valence-corrected chi connectivity index (χ3v) is 9.76. The van der Waals surface area contributed by atoms with E-state index in [2.05, 4.69) is 24.0 Å². The quantitative estimate of drug-likeness (QED) is 0.247. The lowest BCUT2D eigenvalue weighted by Crippen LogP contribution is -3.00. The molecule has 8 heteroatoms. The van der Waals surface area contributed by atoms with Gasteiger partial charge in [-0.05, 0) is 30.2 Å². The summed E-state index contributed by atoms with van der Waals surface area (Å²) in [5.74, 6) is 2.49. The van der Waals surface area contributed by atoms with Crippen LogP contribution in [0.2, 0.25) is 5.02 Å². The number of esters is 1. The highest BCUT2D eigenvalue weighted by molar-refractivity contribution is 7.99. The summed E-state index contributed by atoms with van der Waals surface area (Å²) in [7, 11) is 0. The molecule has 0 amide bonds. The Hall–Kier alpha value is -1.09. The summed E-state index contributed by atoms with van der Waals surface area (Å²) in [5, 5.41) is 0.747. The predicted octanol–water partition coefficient (Wildman–Crippen LogP) is 1.98. The molecule has 4 saturated heterocycles. The Morgan fingerprint density at radius 1 is 1.08 bits per heavy atom. The molecular weight excluding hydrogens is 572 g/mol. The summed E-state index contributed by atoms with van der Waals surface area (Å²) in [6.45, 7) is 9.37. The first-order valence-corrected chi connectivity index (χ1v) is 14.8. The van der Waals surface area contributed by atoms with Crippen LogP contribution in [0.4, 0.5) is 0 Å². The van der Waals surface area contributed by atoms with Crippen LogP contribution >= 0.6 is 23.4 Å². The van der Waals surface area contributed by atoms with Crippen molar-refractivity contribution in [2.45, 2.75) is 38.0 Å². The van der Waals surface area contributed by atoms with E-state index in [-0.39, 0.29) is 29.1 Å². The van der Waals surface area contributed by atoms with Crippen LogP contribution < -0.4 is 17.0 Å². The van der Waals surface area contributed by atoms with E-state index in [9.17, 15) is 4.79 Å². The maximum atomic E-state index is 13.9. The number of quaternary nitrogens is 1. The van der Waals surface area contributed by atoms with Gasteiger partial charge in [-0.2, -0.15) is 11.8 Å². The number of halogens is 2. The largest absolute Gasteiger partial charge is 1.00 e. The van der Waals surface area contributed by atoms with Gasteiger partial charge in [-0.1, -0.05) is 54.1 Å². The van der Waals surface area contributed by atoms with Gasteiger partial charge >= 0.3 is 5.97 Å². The number of carbonyl (C=O) groups excluding carboxylic acids is 1. The molecule has 2 aromatic rings. The second kappa shape index (κ2) is 12.8. The van der Waals surface area contributed by atoms with Crippen LogP contribution in [-0.4, -0.2) is 78.8 Å². The number of thioether (sulfide) groups is 1. The first-order chi connectivity index (χ1) is 17.5. The predicted molar refractivity (Wildman–Crippen MR) is 146 cm³/mol. The average Bonchev–Trinajstić information content (AvgIpc) is 2.93. The molecule has 0 aliphatic carbocycles. The monoisotopic (exact) mass is 608 g/mol. The number of benzene rings is 2. The number of rotatable bonds is 9. The highest BCUT2D eigenvalue weighted by Gasteiger charge is 2.50. The molecule has 4 fully saturated rings. The highest BCUT2D eigenvalue weighted by atomic mass is 79.9. The third-order valence-electron chi connectivity index (χ3n) is 8.57. The number of ether oxygens (including phenoxy) is 2. The van der Waals surface area contributed by atoms with Crippen LogP contribution in [0.1, 0.15) is 30.9 Å². The van der Waals surface area contributed by atoms with E-state index in [1.54, 1.807) is 0 Å². The number of nitrogens with zero attached hydrogens (tertiary/aromatic N) is 2. The Morgan fingerprint density at radius 3 is 2.43 bits per heavy atom. The van der Waals surface area contributed by atoms with E-state index in [0.717, 1.165) is 84.2 Å². The molecule has 0 aromatic heterocycles. The molecule has 2 aromatic carbocycles. The lowest BCUT2D eigenvalue weighted by molar-refractivity contribution is -0.946. The molecule has 0 saturated carbocycles. The van der Waals surface area contributed by atoms with Crippen LogP contribution in [0.3, 0.4) is 0 Å². The van der Waals surface area contributed by atoms with Gasteiger partial charge in [-0.15, -0.1) is 0 Å². The topological polar surface area (TPSA) is 38.8 Å². The van der Waals surface area contributed by atoms with E-state index in [1.807, 2.05) is 54.2 Å². The van der Waals surface area contributed by atoms with Crippen LogP contribution in [-0.2, 0) is 26.4 Å². The summed E-state index contributed by atoms with van der Waals surface area (Å²) < 4.78 is 13.5. The SMILES string of the molecule is CC(C(=O)O[C@H]1C[N+]2(CCOCc3ccc(Cl)cc3)CCC1CC2)(c1ccccc1)N1CCSCC1.[Br-]. The fourth-order valence-electron chi connectivity index (χ4n) is 6.15. The van der Waals surface area contributed by atoms with Crippen molar-refractivity contribution in [3.05, 3.63) is 70.7 Å². The number of hydrogen-bond donors (Lipinski definition) is 0. The van der Waals surface area contributed by atoms with Crippen LogP contribution in [0.25, 0.3) is 0 Å². The molecule has 2 atom stereocenters. The third kappa shape index (κ3) is 6.56. The number of piperidine rings is 3. The van der Waals surface area contributed by atoms with Crippen molar-refractivity contribution in [3.8, 4) is 0 Å². The molecule has 37 heavy (non-hydrogen) atoms. The lowest BCUT2D eigenvalue weighted by Gasteiger charge is -2.52. The Bertz CT molecular complexity index is 1010. The van der Waals surface area contributed by atoms with Gasteiger partial charge in [0.25, 0.3) is 0 Å². The molecule has 0 spiro atoms. The molecule has 202 valence electrons. The van der Waals surface area contributed by atoms with Crippen molar-refractivity contribution in [2.24, 2.45) is 5.92 Å². The van der Waals surface area contributed by atoms with Gasteiger partial charge in [0.05, 0.1) is 26.3 Å². The highest BCUT2D eigenvalue weighted by Crippen LogP contribution is 2.38. The van der Waals surface area contributed by atoms with Crippen molar-refractivity contribution in [3.63, 3.8) is 0 Å². The van der Waals surface area contributed by atoms with E-state index in [1.165, 1.54) is 0 Å². The Kier molecular flexibility index (Phi) is 10.0. The summed E-state index contributed by atoms with van der Waals surface area (Å²) in [4.78, 5) is 16.3. The molecule has 0 N–H and O–H groups in total. The van der Waals surface area contributed by atoms with Crippen molar-refractivity contribution < 1.29 is 35.7 Å². The molecule has 1 unspecified atom stereocenters. The van der Waals surface area contributed by atoms with Gasteiger partial charge < -0.3 is 30.9 Å². The van der Waals surface area contributed by atoms with E-state index in [4.69, 9.17) is 21.1 Å². The molecule has 5 nitrogen and oxygen atoms in total. The maximum Gasteiger partial charge on any atom is 0.331 e. The van der Waals surface area contributed by atoms with E-state index >= 15 is 0 Å². The molecule has 4 heterocycles. The molecular formula is C29H38BrClN2O3S. The van der Waals surface area contributed by atoms with Crippen molar-refractivity contribution in [1.82, 2.24) is 4.90 Å². The maximum absolute atomic E-state index is 13.9. The fourth-order valence-corrected chi connectivity index (χ4v) is 7.18. The second-order valence-corrected chi connectivity index (χ2v) is 12.4. The first-order valence-electron chi connectivity index (χ1n) is 13.3. The van der Waals surface area contributed by atoms with E-state index < -0.39 is 5.54 Å². The van der Waals surface area contributed by atoms with Gasteiger partial charge in [-0.3, -0.25) is 4.90 Å². The smallest absolute Gasteiger partial charge is 0.331 e. The molecule has 4 aliphatic heterocycles. The van der Waals surface area contributed by atoms with Gasteiger partial charge in [0.15, 0.2) is 6.10 Å². The van der Waals surface area contributed by atoms with Crippen molar-refractivity contribution in [1.29, 1.82) is 0 Å². The summed E-state index contributed by atoms with van der Waals surface area (Å²) in [6.07, 6.45) is 2.23. The zero-order valence-corrected chi connectivity index (χ0v) is 24.8. The second-order valence-electron chi connectivity index (χ2n) is 10.7. The Balaban J connectivity index is 0.00000320. The number of carbonyl (C=O) groups is 1. The minimum absolute atomic E-state index is 0. The minimum Gasteiger partial charge on any atom is -1.00 e. The molecule has 4 aliphatic rings. The van der Waals surface area contributed by atoms with Gasteiger partial charge in [-0.25, -0.2) is 4.79 Å². The normalized spacial score (nSPS) is 27.2. The molecule has 6 rings (SSSR count). The fraction of sp³-hybridized carbons (Fsp3) is 0.552. The zero-order chi connectivity index (χ0) is 25.0. The minimum atomic E-state index is -0.749. The summed E-state index contributed by atoms with van der Waals surface area (Å²) in [5.41, 5.74) is 1.42. The lowest BCUT2D eigenvalue weighted by atomic mass is 9.82. The summed E-state index contributed by atoms with van der Waals surface area (Å²) in [6, 6.07) is 18.1. The Labute approximate surface area is 241 Å². The van der Waals surface area contributed by atoms with Crippen LogP contribution in [0, 0.1) is 5.92 Å². The average molecular weight is 610 g/mol. The van der Waals surface area contributed by atoms with Crippen LogP contribution in [0.15, 0.2) is 54.6 Å². The standard InChI is InChI=1S/C29H38ClN2O3S.BrH/c1-29(25-5-3-2-4-6-25,31-13-19-36-20-14-31)28(33)35-27-21-32(15-11-24(27)12-16-32)17-18-34-22-23-7-9-26(30)10-8-23;/h2-10,24,27H,11-22H2,1H3;1H/q+1;/p-1/t24?,27-,29?,32?;/m0./s1. The van der Waals surface area contributed by atoms with Gasteiger partial charge in [0.2, 0.25) is 0 Å². The number of hydrogen-bond acceptors (Lipinski definition) is 5. The Morgan fingerprint density at radius 2 is 1.76 bits per heavy atom. The zero-order valence-electron chi connectivity index (χ0n) is 21.6. The first kappa shape index (κ1) is 28.9. The molecule has 2 bridgehead atoms. The van der Waals surface area contributed by atoms with Gasteiger partial charge in [0, 0.05) is 48.4 Å². The van der Waals surface area contributed by atoms with E-state index in [0.29, 0.717) is 19.1 Å². The van der Waals surface area contributed by atoms with Crippen molar-refractivity contribution >= 4 is 29.3 Å². The van der Waals surface area contributed by atoms with Crippen molar-refractivity contribution in [2.75, 3.05) is 57.4 Å². The number of fused-ring (bicyclic) bond motifs is 3. The summed E-state index contributed by atoms with van der Waals surface area (Å²) >= 11 is 7.95. The van der Waals surface area contributed by atoms with Crippen LogP contribution in [0.5, 0.6) is 0 Å².